The first kappa shape index (κ1) is 6.95. The van der Waals surface area contributed by atoms with Crippen LogP contribution in [0.25, 0.3) is 0 Å². The molecule has 0 fully saturated rings. The minimum atomic E-state index is 0.531. The van der Waals surface area contributed by atoms with Gasteiger partial charge in [-0.1, -0.05) is 6.08 Å². The van der Waals surface area contributed by atoms with Gasteiger partial charge in [-0.3, -0.25) is 0 Å². The standard InChI is InChI=1S/C6H10N2/c1-6(8)4-2-3-5-7/h2-5,8H,7H2,1H3/b4-2-,5-3-,8-6?. The highest BCUT2D eigenvalue weighted by molar-refractivity contribution is 5.90. The normalized spacial score (nSPS) is 11.1. The average molecular weight is 110 g/mol. The van der Waals surface area contributed by atoms with Crippen molar-refractivity contribution in [2.45, 2.75) is 6.92 Å². The maximum absolute atomic E-state index is 6.91. The second-order valence-electron chi connectivity index (χ2n) is 1.43. The molecule has 0 saturated heterocycles. The highest BCUT2D eigenvalue weighted by Crippen LogP contribution is 1.75. The predicted molar refractivity (Wildman–Crippen MR) is 35.9 cm³/mol. The molecule has 0 aliphatic heterocycles. The van der Waals surface area contributed by atoms with Crippen LogP contribution in [0.4, 0.5) is 0 Å². The van der Waals surface area contributed by atoms with Crippen LogP contribution in [0.2, 0.25) is 0 Å². The molecule has 0 radical (unpaired) electrons. The minimum Gasteiger partial charge on any atom is -0.405 e. The maximum atomic E-state index is 6.91. The summed E-state index contributed by atoms with van der Waals surface area (Å²) in [4.78, 5) is 0. The molecule has 0 unspecified atom stereocenters. The molecule has 8 heavy (non-hydrogen) atoms. The Morgan fingerprint density at radius 3 is 2.50 bits per heavy atom. The molecule has 44 valence electrons. The third-order valence-corrected chi connectivity index (χ3v) is 0.568. The molecule has 0 aromatic heterocycles. The zero-order valence-electron chi connectivity index (χ0n) is 4.89. The van der Waals surface area contributed by atoms with Gasteiger partial charge in [-0.25, -0.2) is 0 Å². The van der Waals surface area contributed by atoms with Crippen molar-refractivity contribution in [2.75, 3.05) is 0 Å². The second kappa shape index (κ2) is 4.12. The van der Waals surface area contributed by atoms with Crippen LogP contribution < -0.4 is 5.73 Å². The van der Waals surface area contributed by atoms with Gasteiger partial charge in [0.25, 0.3) is 0 Å². The Bertz CT molecular complexity index is 122. The zero-order valence-corrected chi connectivity index (χ0v) is 4.89. The van der Waals surface area contributed by atoms with Crippen LogP contribution in [0.1, 0.15) is 6.92 Å². The molecule has 0 aliphatic rings. The van der Waals surface area contributed by atoms with Gasteiger partial charge >= 0.3 is 0 Å². The van der Waals surface area contributed by atoms with Gasteiger partial charge in [0.15, 0.2) is 0 Å². The Hall–Kier alpha value is -1.05. The molecule has 0 amide bonds. The van der Waals surface area contributed by atoms with Crippen molar-refractivity contribution in [2.24, 2.45) is 5.73 Å². The van der Waals surface area contributed by atoms with Crippen LogP contribution in [-0.4, -0.2) is 5.71 Å². The SMILES string of the molecule is CC(=N)/C=C\C=C/N. The van der Waals surface area contributed by atoms with E-state index in [4.69, 9.17) is 11.1 Å². The molecular weight excluding hydrogens is 100 g/mol. The molecule has 2 heteroatoms. The summed E-state index contributed by atoms with van der Waals surface area (Å²) in [6.07, 6.45) is 6.50. The number of rotatable bonds is 2. The first-order chi connectivity index (χ1) is 3.77. The van der Waals surface area contributed by atoms with Crippen molar-refractivity contribution >= 4 is 5.71 Å². The fraction of sp³-hybridized carbons (Fsp3) is 0.167. The first-order valence-electron chi connectivity index (χ1n) is 2.37. The number of nitrogens with two attached hydrogens (primary N) is 1. The fourth-order valence-corrected chi connectivity index (χ4v) is 0.264. The first-order valence-corrected chi connectivity index (χ1v) is 2.37. The van der Waals surface area contributed by atoms with Crippen LogP contribution in [-0.2, 0) is 0 Å². The molecule has 0 heterocycles. The lowest BCUT2D eigenvalue weighted by Gasteiger charge is -1.76. The van der Waals surface area contributed by atoms with Crippen molar-refractivity contribution in [3.63, 3.8) is 0 Å². The van der Waals surface area contributed by atoms with Crippen LogP contribution in [0.15, 0.2) is 24.4 Å². The Morgan fingerprint density at radius 1 is 1.50 bits per heavy atom. The highest BCUT2D eigenvalue weighted by Gasteiger charge is 1.69. The number of nitrogens with one attached hydrogen (secondary N) is 1. The Labute approximate surface area is 49.2 Å². The van der Waals surface area contributed by atoms with E-state index in [1.165, 1.54) is 6.20 Å². The van der Waals surface area contributed by atoms with Gasteiger partial charge in [-0.05, 0) is 25.3 Å². The lowest BCUT2D eigenvalue weighted by molar-refractivity contribution is 1.50. The zero-order chi connectivity index (χ0) is 6.41. The molecular formula is C6H10N2. The van der Waals surface area contributed by atoms with E-state index in [0.717, 1.165) is 0 Å². The van der Waals surface area contributed by atoms with Gasteiger partial charge in [0.05, 0.1) is 0 Å². The van der Waals surface area contributed by atoms with E-state index in [-0.39, 0.29) is 0 Å². The Balaban J connectivity index is 3.50. The van der Waals surface area contributed by atoms with E-state index >= 15 is 0 Å². The van der Waals surface area contributed by atoms with E-state index in [1.807, 2.05) is 0 Å². The van der Waals surface area contributed by atoms with E-state index in [0.29, 0.717) is 5.71 Å². The summed E-state index contributed by atoms with van der Waals surface area (Å²) < 4.78 is 0. The summed E-state index contributed by atoms with van der Waals surface area (Å²) in [7, 11) is 0. The van der Waals surface area contributed by atoms with Crippen LogP contribution in [0, 0.1) is 5.41 Å². The van der Waals surface area contributed by atoms with Gasteiger partial charge in [-0.15, -0.1) is 0 Å². The molecule has 3 N–H and O–H groups in total. The second-order valence-corrected chi connectivity index (χ2v) is 1.43. The summed E-state index contributed by atoms with van der Waals surface area (Å²) in [6.45, 7) is 1.71. The van der Waals surface area contributed by atoms with Gasteiger partial charge in [0.1, 0.15) is 0 Å². The topological polar surface area (TPSA) is 49.9 Å². The molecule has 0 atom stereocenters. The Kier molecular flexibility index (Phi) is 3.58. The molecule has 0 aliphatic carbocycles. The monoisotopic (exact) mass is 110 g/mol. The van der Waals surface area contributed by atoms with Crippen molar-refractivity contribution in [3.05, 3.63) is 24.4 Å². The summed E-state index contributed by atoms with van der Waals surface area (Å²) in [5, 5.41) is 6.91. The maximum Gasteiger partial charge on any atom is 0.0282 e. The quantitative estimate of drug-likeness (QED) is 0.405. The Morgan fingerprint density at radius 2 is 2.12 bits per heavy atom. The molecule has 2 nitrogen and oxygen atoms in total. The molecule has 0 rings (SSSR count). The van der Waals surface area contributed by atoms with Gasteiger partial charge < -0.3 is 11.1 Å². The number of hydrogen-bond donors (Lipinski definition) is 2. The lowest BCUT2D eigenvalue weighted by atomic mass is 10.4. The van der Waals surface area contributed by atoms with E-state index in [9.17, 15) is 0 Å². The van der Waals surface area contributed by atoms with Gasteiger partial charge in [-0.2, -0.15) is 0 Å². The molecule has 0 saturated carbocycles. The number of allylic oxidation sites excluding steroid dienone is 3. The smallest absolute Gasteiger partial charge is 0.0282 e. The van der Waals surface area contributed by atoms with Gasteiger partial charge in [0.2, 0.25) is 0 Å². The number of hydrogen-bond acceptors (Lipinski definition) is 2. The largest absolute Gasteiger partial charge is 0.405 e. The summed E-state index contributed by atoms with van der Waals surface area (Å²) in [6, 6.07) is 0. The third-order valence-electron chi connectivity index (χ3n) is 0.568. The summed E-state index contributed by atoms with van der Waals surface area (Å²) in [5.41, 5.74) is 5.54. The molecule has 0 aromatic rings. The lowest BCUT2D eigenvalue weighted by Crippen LogP contribution is -1.77. The predicted octanol–water partition coefficient (Wildman–Crippen LogP) is 1.05. The van der Waals surface area contributed by atoms with E-state index < -0.39 is 0 Å². The molecule has 0 bridgehead atoms. The van der Waals surface area contributed by atoms with E-state index in [2.05, 4.69) is 0 Å². The summed E-state index contributed by atoms with van der Waals surface area (Å²) in [5.74, 6) is 0. The highest BCUT2D eigenvalue weighted by atomic mass is 14.5. The molecule has 0 aromatic carbocycles. The van der Waals surface area contributed by atoms with Crippen molar-refractivity contribution < 1.29 is 0 Å². The van der Waals surface area contributed by atoms with Crippen LogP contribution >= 0.6 is 0 Å². The fourth-order valence-electron chi connectivity index (χ4n) is 0.264. The van der Waals surface area contributed by atoms with Crippen LogP contribution in [0.3, 0.4) is 0 Å². The van der Waals surface area contributed by atoms with E-state index in [1.54, 1.807) is 25.2 Å². The van der Waals surface area contributed by atoms with Crippen molar-refractivity contribution in [1.82, 2.24) is 0 Å². The van der Waals surface area contributed by atoms with Crippen molar-refractivity contribution in [3.8, 4) is 0 Å². The van der Waals surface area contributed by atoms with Crippen molar-refractivity contribution in [1.29, 1.82) is 5.41 Å². The minimum absolute atomic E-state index is 0.531. The summed E-state index contributed by atoms with van der Waals surface area (Å²) >= 11 is 0. The van der Waals surface area contributed by atoms with Crippen LogP contribution in [0.5, 0.6) is 0 Å². The molecule has 0 spiro atoms. The third kappa shape index (κ3) is 4.95. The average Bonchev–Trinajstić information content (AvgIpc) is 1.66. The van der Waals surface area contributed by atoms with Gasteiger partial charge in [0, 0.05) is 5.71 Å².